The molecule has 0 aromatic carbocycles. The van der Waals surface area contributed by atoms with Gasteiger partial charge in [0, 0.05) is 19.2 Å². The molecule has 1 aromatic heterocycles. The summed E-state index contributed by atoms with van der Waals surface area (Å²) >= 11 is 13.0. The highest BCUT2D eigenvalue weighted by Crippen LogP contribution is 2.30. The molecule has 0 radical (unpaired) electrons. The predicted octanol–water partition coefficient (Wildman–Crippen LogP) is 2.09. The first-order chi connectivity index (χ1) is 6.13. The van der Waals surface area contributed by atoms with Crippen molar-refractivity contribution in [1.82, 2.24) is 5.32 Å². The average molecular weight is 238 g/mol. The molecular weight excluding hydrogens is 229 g/mol. The molecule has 1 heterocycles. The Hall–Kier alpha value is -0.450. The summed E-state index contributed by atoms with van der Waals surface area (Å²) in [6.45, 7) is 0.547. The van der Waals surface area contributed by atoms with Crippen molar-refractivity contribution >= 4 is 40.5 Å². The third kappa shape index (κ3) is 3.06. The van der Waals surface area contributed by atoms with Crippen molar-refractivity contribution < 1.29 is 0 Å². The van der Waals surface area contributed by atoms with Crippen molar-refractivity contribution in [1.29, 1.82) is 0 Å². The zero-order valence-electron chi connectivity index (χ0n) is 6.97. The normalized spacial score (nSPS) is 11.8. The summed E-state index contributed by atoms with van der Waals surface area (Å²) in [5.41, 5.74) is 6.38. The Morgan fingerprint density at radius 3 is 2.85 bits per heavy atom. The Morgan fingerprint density at radius 1 is 1.69 bits per heavy atom. The molecule has 0 bridgehead atoms. The SMILES string of the molecule is CN=C(N)NCc1cc(Cl)sc1Cl. The van der Waals surface area contributed by atoms with Gasteiger partial charge in [-0.25, -0.2) is 0 Å². The number of aliphatic imine (C=N–C) groups is 1. The van der Waals surface area contributed by atoms with E-state index < -0.39 is 0 Å². The van der Waals surface area contributed by atoms with Crippen LogP contribution in [0.5, 0.6) is 0 Å². The summed E-state index contributed by atoms with van der Waals surface area (Å²) < 4.78 is 1.36. The summed E-state index contributed by atoms with van der Waals surface area (Å²) in [5, 5.41) is 2.89. The molecule has 1 aromatic rings. The van der Waals surface area contributed by atoms with Crippen LogP contribution in [0, 0.1) is 0 Å². The lowest BCUT2D eigenvalue weighted by Crippen LogP contribution is -2.30. The Morgan fingerprint density at radius 2 is 2.38 bits per heavy atom. The standard InChI is InChI=1S/C7H9Cl2N3S/c1-11-7(10)12-3-4-2-5(8)13-6(4)9/h2H,3H2,1H3,(H3,10,11,12). The van der Waals surface area contributed by atoms with E-state index >= 15 is 0 Å². The minimum atomic E-state index is 0.387. The Balaban J connectivity index is 2.59. The molecule has 0 aliphatic carbocycles. The van der Waals surface area contributed by atoms with Crippen LogP contribution in [0.25, 0.3) is 0 Å². The maximum atomic E-state index is 5.89. The summed E-state index contributed by atoms with van der Waals surface area (Å²) in [6, 6.07) is 1.81. The van der Waals surface area contributed by atoms with E-state index in [2.05, 4.69) is 10.3 Å². The topological polar surface area (TPSA) is 50.4 Å². The van der Waals surface area contributed by atoms with E-state index in [1.165, 1.54) is 11.3 Å². The molecule has 0 aliphatic heterocycles. The molecule has 0 atom stereocenters. The second-order valence-electron chi connectivity index (χ2n) is 2.31. The van der Waals surface area contributed by atoms with Gasteiger partial charge in [0.1, 0.15) is 0 Å². The van der Waals surface area contributed by atoms with Gasteiger partial charge in [-0.2, -0.15) is 0 Å². The fourth-order valence-corrected chi connectivity index (χ4v) is 2.25. The van der Waals surface area contributed by atoms with Crippen molar-refractivity contribution in [3.63, 3.8) is 0 Å². The highest BCUT2D eigenvalue weighted by atomic mass is 35.5. The molecular formula is C7H9Cl2N3S. The van der Waals surface area contributed by atoms with E-state index in [0.717, 1.165) is 5.56 Å². The molecule has 0 saturated heterocycles. The molecule has 0 fully saturated rings. The van der Waals surface area contributed by atoms with E-state index in [9.17, 15) is 0 Å². The second-order valence-corrected chi connectivity index (χ2v) is 4.60. The van der Waals surface area contributed by atoms with Crippen LogP contribution in [0.1, 0.15) is 5.56 Å². The van der Waals surface area contributed by atoms with Crippen molar-refractivity contribution in [3.05, 3.63) is 20.3 Å². The molecule has 0 saturated carbocycles. The lowest BCUT2D eigenvalue weighted by molar-refractivity contribution is 0.905. The molecule has 1 rings (SSSR count). The Labute approximate surface area is 90.6 Å². The van der Waals surface area contributed by atoms with Crippen LogP contribution in [0.2, 0.25) is 8.67 Å². The van der Waals surface area contributed by atoms with Crippen LogP contribution >= 0.6 is 34.5 Å². The number of guanidine groups is 1. The monoisotopic (exact) mass is 237 g/mol. The number of thiophene rings is 1. The molecule has 0 spiro atoms. The summed E-state index contributed by atoms with van der Waals surface area (Å²) in [5.74, 6) is 0.387. The second kappa shape index (κ2) is 4.69. The number of rotatable bonds is 2. The number of nitrogens with one attached hydrogen (secondary N) is 1. The number of hydrogen-bond acceptors (Lipinski definition) is 2. The minimum Gasteiger partial charge on any atom is -0.370 e. The number of hydrogen-bond donors (Lipinski definition) is 2. The van der Waals surface area contributed by atoms with Gasteiger partial charge in [0.05, 0.1) is 8.67 Å². The number of halogens is 2. The van der Waals surface area contributed by atoms with Gasteiger partial charge in [0.25, 0.3) is 0 Å². The quantitative estimate of drug-likeness (QED) is 0.612. The molecule has 72 valence electrons. The van der Waals surface area contributed by atoms with Crippen molar-refractivity contribution in [2.45, 2.75) is 6.54 Å². The van der Waals surface area contributed by atoms with Crippen molar-refractivity contribution in [2.24, 2.45) is 10.7 Å². The molecule has 6 heteroatoms. The average Bonchev–Trinajstić information content (AvgIpc) is 2.41. The molecule has 0 unspecified atom stereocenters. The Bertz CT molecular complexity index is 322. The van der Waals surface area contributed by atoms with Gasteiger partial charge >= 0.3 is 0 Å². The van der Waals surface area contributed by atoms with E-state index in [1.54, 1.807) is 7.05 Å². The highest BCUT2D eigenvalue weighted by molar-refractivity contribution is 7.20. The van der Waals surface area contributed by atoms with Gasteiger partial charge < -0.3 is 11.1 Å². The maximum absolute atomic E-state index is 5.89. The fourth-order valence-electron chi connectivity index (χ4n) is 0.760. The van der Waals surface area contributed by atoms with Crippen molar-refractivity contribution in [2.75, 3.05) is 7.05 Å². The van der Waals surface area contributed by atoms with E-state index in [4.69, 9.17) is 28.9 Å². The molecule has 3 nitrogen and oxygen atoms in total. The van der Waals surface area contributed by atoms with E-state index in [0.29, 0.717) is 21.2 Å². The third-order valence-corrected chi connectivity index (χ3v) is 3.00. The first-order valence-electron chi connectivity index (χ1n) is 3.53. The van der Waals surface area contributed by atoms with Gasteiger partial charge in [0.15, 0.2) is 5.96 Å². The van der Waals surface area contributed by atoms with Crippen LogP contribution in [-0.4, -0.2) is 13.0 Å². The van der Waals surface area contributed by atoms with Crippen molar-refractivity contribution in [3.8, 4) is 0 Å². The summed E-state index contributed by atoms with van der Waals surface area (Å²) in [4.78, 5) is 3.75. The minimum absolute atomic E-state index is 0.387. The van der Waals surface area contributed by atoms with Crippen LogP contribution < -0.4 is 11.1 Å². The lowest BCUT2D eigenvalue weighted by Gasteiger charge is -2.02. The number of nitrogens with two attached hydrogens (primary N) is 1. The maximum Gasteiger partial charge on any atom is 0.188 e. The molecule has 0 aliphatic rings. The predicted molar refractivity (Wildman–Crippen MR) is 58.7 cm³/mol. The zero-order valence-corrected chi connectivity index (χ0v) is 9.30. The van der Waals surface area contributed by atoms with Crippen LogP contribution in [0.4, 0.5) is 0 Å². The van der Waals surface area contributed by atoms with Gasteiger partial charge in [-0.1, -0.05) is 23.2 Å². The third-order valence-electron chi connectivity index (χ3n) is 1.43. The number of nitrogens with zero attached hydrogens (tertiary/aromatic N) is 1. The molecule has 13 heavy (non-hydrogen) atoms. The van der Waals surface area contributed by atoms with Gasteiger partial charge in [0.2, 0.25) is 0 Å². The summed E-state index contributed by atoms with van der Waals surface area (Å²) in [6.07, 6.45) is 0. The van der Waals surface area contributed by atoms with Crippen LogP contribution in [0.15, 0.2) is 11.1 Å². The van der Waals surface area contributed by atoms with Gasteiger partial charge in [-0.05, 0) is 6.07 Å². The fraction of sp³-hybridized carbons (Fsp3) is 0.286. The highest BCUT2D eigenvalue weighted by Gasteiger charge is 2.05. The largest absolute Gasteiger partial charge is 0.370 e. The first kappa shape index (κ1) is 10.6. The van der Waals surface area contributed by atoms with E-state index in [-0.39, 0.29) is 0 Å². The smallest absolute Gasteiger partial charge is 0.188 e. The van der Waals surface area contributed by atoms with Crippen LogP contribution in [-0.2, 0) is 6.54 Å². The molecule has 3 N–H and O–H groups in total. The van der Waals surface area contributed by atoms with Gasteiger partial charge in [-0.15, -0.1) is 11.3 Å². The van der Waals surface area contributed by atoms with Gasteiger partial charge in [-0.3, -0.25) is 4.99 Å². The Kier molecular flexibility index (Phi) is 3.84. The molecule has 0 amide bonds. The first-order valence-corrected chi connectivity index (χ1v) is 5.10. The summed E-state index contributed by atoms with van der Waals surface area (Å²) in [7, 11) is 1.62. The van der Waals surface area contributed by atoms with E-state index in [1.807, 2.05) is 6.07 Å². The zero-order chi connectivity index (χ0) is 9.84. The lowest BCUT2D eigenvalue weighted by atomic mass is 10.3. The van der Waals surface area contributed by atoms with Crippen LogP contribution in [0.3, 0.4) is 0 Å².